The maximum atomic E-state index is 15.4. The summed E-state index contributed by atoms with van der Waals surface area (Å²) in [6, 6.07) is 65.1. The number of para-hydroxylation sites is 1. The molecule has 7 aromatic carbocycles. The van der Waals surface area contributed by atoms with E-state index in [-0.39, 0.29) is 0 Å². The van der Waals surface area contributed by atoms with E-state index in [1.165, 1.54) is 11.1 Å². The van der Waals surface area contributed by atoms with Gasteiger partial charge in [-0.3, -0.25) is 0 Å². The van der Waals surface area contributed by atoms with E-state index in [1.54, 1.807) is 0 Å². The van der Waals surface area contributed by atoms with Crippen LogP contribution in [0.4, 0.5) is 0 Å². The molecule has 0 saturated carbocycles. The molecule has 1 aliphatic heterocycles. The Bertz CT molecular complexity index is 2810. The van der Waals surface area contributed by atoms with E-state index in [2.05, 4.69) is 132 Å². The van der Waals surface area contributed by atoms with Crippen LogP contribution >= 0.6 is 7.14 Å². The minimum atomic E-state index is -3.09. The zero-order chi connectivity index (χ0) is 33.9. The van der Waals surface area contributed by atoms with Crippen molar-refractivity contribution in [1.82, 2.24) is 9.55 Å². The predicted molar refractivity (Wildman–Crippen MR) is 213 cm³/mol. The number of aromatic nitrogens is 2. The third kappa shape index (κ3) is 4.66. The van der Waals surface area contributed by atoms with Crippen LogP contribution in [0.25, 0.3) is 72.3 Å². The number of benzene rings is 7. The molecule has 0 N–H and O–H groups in total. The minimum Gasteiger partial charge on any atom is -0.309 e. The van der Waals surface area contributed by atoms with Crippen LogP contribution in [0.2, 0.25) is 0 Å². The van der Waals surface area contributed by atoms with Gasteiger partial charge in [-0.2, -0.15) is 0 Å². The van der Waals surface area contributed by atoms with Crippen molar-refractivity contribution in [3.63, 3.8) is 0 Å². The SMILES string of the molecule is O=P1(c2ccccc2)c2ccccc2-c2cc3c(cc21)c1ccccc1n3-c1cc(-c2ccccc2)nc(-c2ccc(-c3ccccc3)cc2)c1. The number of nitrogens with zero attached hydrogens (tertiary/aromatic N) is 2. The van der Waals surface area contributed by atoms with Gasteiger partial charge in [-0.15, -0.1) is 0 Å². The third-order valence-electron chi connectivity index (χ3n) is 10.2. The highest BCUT2D eigenvalue weighted by Crippen LogP contribution is 2.53. The lowest BCUT2D eigenvalue weighted by atomic mass is 10.0. The Morgan fingerprint density at radius 2 is 0.961 bits per heavy atom. The van der Waals surface area contributed by atoms with Gasteiger partial charge in [0.25, 0.3) is 0 Å². The molecule has 1 aliphatic rings. The Balaban J connectivity index is 1.23. The van der Waals surface area contributed by atoms with Gasteiger partial charge >= 0.3 is 0 Å². The Kier molecular flexibility index (Phi) is 6.77. The molecule has 0 amide bonds. The van der Waals surface area contributed by atoms with Gasteiger partial charge in [-0.25, -0.2) is 4.98 Å². The molecule has 0 fully saturated rings. The molecule has 0 spiro atoms. The van der Waals surface area contributed by atoms with E-state index in [1.807, 2.05) is 60.7 Å². The molecule has 0 radical (unpaired) electrons. The van der Waals surface area contributed by atoms with E-state index in [9.17, 15) is 0 Å². The molecule has 0 saturated heterocycles. The van der Waals surface area contributed by atoms with Gasteiger partial charge in [0, 0.05) is 37.8 Å². The van der Waals surface area contributed by atoms with Crippen LogP contribution < -0.4 is 15.9 Å². The van der Waals surface area contributed by atoms with Crippen molar-refractivity contribution < 1.29 is 4.57 Å². The van der Waals surface area contributed by atoms with Crippen molar-refractivity contribution >= 4 is 44.9 Å². The summed E-state index contributed by atoms with van der Waals surface area (Å²) in [5, 5.41) is 4.89. The normalized spacial score (nSPS) is 14.8. The quantitative estimate of drug-likeness (QED) is 0.171. The van der Waals surface area contributed by atoms with Crippen LogP contribution in [0.15, 0.2) is 188 Å². The second-order valence-corrected chi connectivity index (χ2v) is 15.8. The second kappa shape index (κ2) is 11.7. The van der Waals surface area contributed by atoms with E-state index < -0.39 is 7.14 Å². The van der Waals surface area contributed by atoms with Crippen LogP contribution in [0.5, 0.6) is 0 Å². The Morgan fingerprint density at radius 1 is 0.412 bits per heavy atom. The summed E-state index contributed by atoms with van der Waals surface area (Å²) >= 11 is 0. The minimum absolute atomic E-state index is 0.865. The standard InChI is InChI=1S/C47H31N2OP/c50-51(37-18-8-3-9-19-37)46-23-13-11-21-39(46)41-30-45-40(31-47(41)51)38-20-10-12-22-44(38)49(45)36-28-42(34-16-6-2-7-17-34)48-43(29-36)35-26-24-33(25-27-35)32-14-4-1-5-15-32/h1-31H. The molecule has 0 bridgehead atoms. The molecule has 9 aromatic rings. The molecule has 1 unspecified atom stereocenters. The fraction of sp³-hybridized carbons (Fsp3) is 0. The molecule has 3 nitrogen and oxygen atoms in total. The van der Waals surface area contributed by atoms with E-state index in [4.69, 9.17) is 4.98 Å². The first-order valence-corrected chi connectivity index (χ1v) is 18.9. The third-order valence-corrected chi connectivity index (χ3v) is 13.4. The van der Waals surface area contributed by atoms with Gasteiger partial charge in [0.1, 0.15) is 0 Å². The largest absolute Gasteiger partial charge is 0.309 e. The number of pyridine rings is 1. The monoisotopic (exact) mass is 670 g/mol. The van der Waals surface area contributed by atoms with Crippen LogP contribution in [0.3, 0.4) is 0 Å². The van der Waals surface area contributed by atoms with Gasteiger partial charge in [-0.05, 0) is 52.6 Å². The van der Waals surface area contributed by atoms with Crippen LogP contribution in [0, 0.1) is 0 Å². The van der Waals surface area contributed by atoms with Crippen molar-refractivity contribution in [2.45, 2.75) is 0 Å². The van der Waals surface area contributed by atoms with Crippen LogP contribution in [0.1, 0.15) is 0 Å². The second-order valence-electron chi connectivity index (χ2n) is 13.1. The fourth-order valence-electron chi connectivity index (χ4n) is 7.79. The molecule has 10 rings (SSSR count). The Morgan fingerprint density at radius 3 is 1.69 bits per heavy atom. The summed E-state index contributed by atoms with van der Waals surface area (Å²) in [4.78, 5) is 5.24. The average Bonchev–Trinajstić information content (AvgIpc) is 3.67. The van der Waals surface area contributed by atoms with Crippen molar-refractivity contribution in [2.24, 2.45) is 0 Å². The smallest absolute Gasteiger partial charge is 0.172 e. The first-order valence-electron chi connectivity index (χ1n) is 17.2. The van der Waals surface area contributed by atoms with Gasteiger partial charge < -0.3 is 9.13 Å². The molecule has 51 heavy (non-hydrogen) atoms. The zero-order valence-electron chi connectivity index (χ0n) is 27.6. The topological polar surface area (TPSA) is 34.9 Å². The van der Waals surface area contributed by atoms with Crippen LogP contribution in [-0.4, -0.2) is 9.55 Å². The van der Waals surface area contributed by atoms with Gasteiger partial charge in [0.05, 0.1) is 28.1 Å². The lowest BCUT2D eigenvalue weighted by Crippen LogP contribution is -2.20. The number of hydrogen-bond acceptors (Lipinski definition) is 2. The zero-order valence-corrected chi connectivity index (χ0v) is 28.5. The molecule has 2 aromatic heterocycles. The van der Waals surface area contributed by atoms with E-state index >= 15 is 4.57 Å². The van der Waals surface area contributed by atoms with Crippen LogP contribution in [-0.2, 0) is 4.57 Å². The lowest BCUT2D eigenvalue weighted by Gasteiger charge is -2.16. The van der Waals surface area contributed by atoms with Gasteiger partial charge in [0.2, 0.25) is 0 Å². The van der Waals surface area contributed by atoms with Crippen molar-refractivity contribution in [1.29, 1.82) is 0 Å². The highest BCUT2D eigenvalue weighted by atomic mass is 31.2. The average molecular weight is 671 g/mol. The predicted octanol–water partition coefficient (Wildman–Crippen LogP) is 10.8. The number of rotatable bonds is 5. The molecular formula is C47H31N2OP. The summed E-state index contributed by atoms with van der Waals surface area (Å²) in [5.74, 6) is 0. The summed E-state index contributed by atoms with van der Waals surface area (Å²) in [7, 11) is -3.09. The van der Waals surface area contributed by atoms with Gasteiger partial charge in [-0.1, -0.05) is 158 Å². The Hall–Kier alpha value is -6.28. The fourth-order valence-corrected chi connectivity index (χ4v) is 10.9. The van der Waals surface area contributed by atoms with Crippen molar-refractivity contribution in [3.05, 3.63) is 188 Å². The summed E-state index contributed by atoms with van der Waals surface area (Å²) < 4.78 is 17.8. The lowest BCUT2D eigenvalue weighted by molar-refractivity contribution is 0.593. The first kappa shape index (κ1) is 29.6. The van der Waals surface area contributed by atoms with Crippen molar-refractivity contribution in [2.75, 3.05) is 0 Å². The maximum absolute atomic E-state index is 15.4. The molecular weight excluding hydrogens is 640 g/mol. The Labute approximate surface area is 296 Å². The molecule has 0 aliphatic carbocycles. The summed E-state index contributed by atoms with van der Waals surface area (Å²) in [6.45, 7) is 0. The summed E-state index contributed by atoms with van der Waals surface area (Å²) in [6.07, 6.45) is 0. The van der Waals surface area contributed by atoms with E-state index in [0.717, 1.165) is 77.0 Å². The molecule has 240 valence electrons. The molecule has 1 atom stereocenters. The number of hydrogen-bond donors (Lipinski definition) is 0. The first-order chi connectivity index (χ1) is 25.2. The maximum Gasteiger partial charge on any atom is 0.172 e. The van der Waals surface area contributed by atoms with Crippen molar-refractivity contribution in [3.8, 4) is 50.5 Å². The highest BCUT2D eigenvalue weighted by Gasteiger charge is 2.40. The van der Waals surface area contributed by atoms with E-state index in [0.29, 0.717) is 0 Å². The van der Waals surface area contributed by atoms with Gasteiger partial charge in [0.15, 0.2) is 7.14 Å². The molecule has 4 heteroatoms. The highest BCUT2D eigenvalue weighted by molar-refractivity contribution is 7.86. The number of fused-ring (bicyclic) bond motifs is 6. The summed E-state index contributed by atoms with van der Waals surface area (Å²) in [5.41, 5.74) is 11.5. The molecule has 3 heterocycles.